The summed E-state index contributed by atoms with van der Waals surface area (Å²) in [4.78, 5) is 43.5. The number of aliphatic carboxylic acids is 1. The Kier molecular flexibility index (Phi) is 8.25. The second-order valence-electron chi connectivity index (χ2n) is 8.43. The Labute approximate surface area is 202 Å². The van der Waals surface area contributed by atoms with Crippen molar-refractivity contribution < 1.29 is 14.7 Å². The zero-order valence-corrected chi connectivity index (χ0v) is 20.6. The lowest BCUT2D eigenvalue weighted by Crippen LogP contribution is -2.29. The molecule has 1 amide bonds. The van der Waals surface area contributed by atoms with Crippen molar-refractivity contribution in [2.45, 2.75) is 46.5 Å². The second-order valence-corrected chi connectivity index (χ2v) is 10.1. The molecule has 176 valence electrons. The highest BCUT2D eigenvalue weighted by Gasteiger charge is 2.32. The molecule has 0 bridgehead atoms. The Morgan fingerprint density at radius 1 is 1.27 bits per heavy atom. The van der Waals surface area contributed by atoms with Crippen LogP contribution in [0.1, 0.15) is 50.7 Å². The van der Waals surface area contributed by atoms with Crippen molar-refractivity contribution in [2.24, 2.45) is 5.92 Å². The Bertz CT molecular complexity index is 1170. The summed E-state index contributed by atoms with van der Waals surface area (Å²) >= 11 is 6.56. The number of hydrogen-bond acceptors (Lipinski definition) is 7. The second kappa shape index (κ2) is 10.9. The van der Waals surface area contributed by atoms with E-state index in [0.29, 0.717) is 64.5 Å². The van der Waals surface area contributed by atoms with Gasteiger partial charge in [0.25, 0.3) is 11.5 Å². The van der Waals surface area contributed by atoms with E-state index in [9.17, 15) is 14.4 Å². The van der Waals surface area contributed by atoms with Crippen molar-refractivity contribution in [1.29, 1.82) is 0 Å². The first kappa shape index (κ1) is 24.9. The molecule has 0 unspecified atom stereocenters. The van der Waals surface area contributed by atoms with Crippen molar-refractivity contribution in [3.8, 4) is 0 Å². The summed E-state index contributed by atoms with van der Waals surface area (Å²) in [5, 5.41) is 12.0. The summed E-state index contributed by atoms with van der Waals surface area (Å²) < 4.78 is 1.93. The van der Waals surface area contributed by atoms with Crippen LogP contribution in [0.15, 0.2) is 28.0 Å². The molecule has 10 heteroatoms. The molecule has 0 saturated carbocycles. The highest BCUT2D eigenvalue weighted by molar-refractivity contribution is 8.26. The molecule has 0 spiro atoms. The van der Waals surface area contributed by atoms with Crippen LogP contribution in [0.4, 0.5) is 5.82 Å². The van der Waals surface area contributed by atoms with Gasteiger partial charge in [0.2, 0.25) is 0 Å². The molecule has 1 fully saturated rings. The van der Waals surface area contributed by atoms with Gasteiger partial charge < -0.3 is 10.4 Å². The lowest BCUT2D eigenvalue weighted by molar-refractivity contribution is -0.137. The van der Waals surface area contributed by atoms with Crippen LogP contribution < -0.4 is 10.9 Å². The summed E-state index contributed by atoms with van der Waals surface area (Å²) in [6, 6.07) is 3.69. The highest BCUT2D eigenvalue weighted by atomic mass is 32.2. The number of thiocarbonyl (C=S) groups is 1. The lowest BCUT2D eigenvalue weighted by Gasteiger charge is -2.14. The number of thioether (sulfide) groups is 1. The Morgan fingerprint density at radius 2 is 2.03 bits per heavy atom. The third-order valence-electron chi connectivity index (χ3n) is 5.10. The number of anilines is 1. The SMILES string of the molecule is Cc1ccc2nc(NCC(C)C)c(C=C3SC(=S)N(CCCCCC(=O)O)C3=O)c(=O)n2c1. The number of amides is 1. The molecule has 2 N–H and O–H groups in total. The van der Waals surface area contributed by atoms with Crippen LogP contribution in [-0.2, 0) is 9.59 Å². The number of carboxylic acids is 1. The molecule has 0 radical (unpaired) electrons. The van der Waals surface area contributed by atoms with E-state index in [1.807, 2.05) is 13.0 Å². The van der Waals surface area contributed by atoms with E-state index in [-0.39, 0.29) is 17.9 Å². The molecule has 3 rings (SSSR count). The smallest absolute Gasteiger partial charge is 0.303 e. The van der Waals surface area contributed by atoms with Gasteiger partial charge in [-0.15, -0.1) is 0 Å². The van der Waals surface area contributed by atoms with Crippen molar-refractivity contribution in [3.05, 3.63) is 44.7 Å². The van der Waals surface area contributed by atoms with Crippen molar-refractivity contribution >= 4 is 57.7 Å². The Morgan fingerprint density at radius 3 is 2.73 bits per heavy atom. The van der Waals surface area contributed by atoms with Gasteiger partial charge in [0.15, 0.2) is 0 Å². The maximum atomic E-state index is 13.3. The number of nitrogens with one attached hydrogen (secondary N) is 1. The first-order valence-corrected chi connectivity index (χ1v) is 12.1. The minimum Gasteiger partial charge on any atom is -0.481 e. The molecule has 3 heterocycles. The Balaban J connectivity index is 1.89. The molecule has 0 aliphatic carbocycles. The Hall–Kier alpha value is -2.72. The number of carbonyl (C=O) groups is 2. The highest BCUT2D eigenvalue weighted by Crippen LogP contribution is 2.33. The molecule has 1 aliphatic rings. The monoisotopic (exact) mass is 488 g/mol. The standard InChI is InChI=1S/C23H28N4O4S2/c1-14(2)12-24-20-16(21(30)27-13-15(3)8-9-18(27)25-20)11-17-22(31)26(23(32)33-17)10-6-4-5-7-19(28)29/h8-9,11,13-14,24H,4-7,10,12H2,1-3H3,(H,28,29). The number of hydrogen-bond donors (Lipinski definition) is 2. The number of fused-ring (bicyclic) bond motifs is 1. The van der Waals surface area contributed by atoms with Gasteiger partial charge in [-0.3, -0.25) is 23.7 Å². The van der Waals surface area contributed by atoms with Gasteiger partial charge in [-0.05, 0) is 43.4 Å². The van der Waals surface area contributed by atoms with E-state index in [4.69, 9.17) is 17.3 Å². The molecule has 0 atom stereocenters. The van der Waals surface area contributed by atoms with Gasteiger partial charge in [0, 0.05) is 25.7 Å². The number of carbonyl (C=O) groups excluding carboxylic acids is 1. The van der Waals surface area contributed by atoms with Crippen LogP contribution in [0, 0.1) is 12.8 Å². The topological polar surface area (TPSA) is 104 Å². The molecule has 1 aliphatic heterocycles. The van der Waals surface area contributed by atoms with E-state index < -0.39 is 5.97 Å². The normalized spacial score (nSPS) is 15.3. The van der Waals surface area contributed by atoms with Crippen molar-refractivity contribution in [3.63, 3.8) is 0 Å². The van der Waals surface area contributed by atoms with Gasteiger partial charge in [0.05, 0.1) is 10.5 Å². The van der Waals surface area contributed by atoms with Crippen LogP contribution in [0.3, 0.4) is 0 Å². The maximum absolute atomic E-state index is 13.3. The number of pyridine rings is 1. The van der Waals surface area contributed by atoms with Gasteiger partial charge in [-0.25, -0.2) is 4.98 Å². The van der Waals surface area contributed by atoms with Crippen molar-refractivity contribution in [2.75, 3.05) is 18.4 Å². The van der Waals surface area contributed by atoms with Crippen molar-refractivity contribution in [1.82, 2.24) is 14.3 Å². The largest absolute Gasteiger partial charge is 0.481 e. The number of rotatable bonds is 10. The van der Waals surface area contributed by atoms with E-state index >= 15 is 0 Å². The molecule has 0 aromatic carbocycles. The fourth-order valence-electron chi connectivity index (χ4n) is 3.37. The van der Waals surface area contributed by atoms with Crippen LogP contribution in [0.25, 0.3) is 11.7 Å². The average Bonchev–Trinajstić information content (AvgIpc) is 3.01. The maximum Gasteiger partial charge on any atom is 0.303 e. The third kappa shape index (κ3) is 6.20. The van der Waals surface area contributed by atoms with Gasteiger partial charge in [-0.2, -0.15) is 0 Å². The number of aromatic nitrogens is 2. The zero-order valence-electron chi connectivity index (χ0n) is 19.0. The predicted molar refractivity (Wildman–Crippen MR) is 136 cm³/mol. The van der Waals surface area contributed by atoms with Crippen LogP contribution in [0.2, 0.25) is 0 Å². The molecule has 2 aromatic rings. The summed E-state index contributed by atoms with van der Waals surface area (Å²) in [6.07, 6.45) is 5.34. The van der Waals surface area contributed by atoms with E-state index in [1.54, 1.807) is 18.3 Å². The minimum absolute atomic E-state index is 0.114. The van der Waals surface area contributed by atoms with Gasteiger partial charge in [0.1, 0.15) is 15.8 Å². The summed E-state index contributed by atoms with van der Waals surface area (Å²) in [5.41, 5.74) is 1.52. The van der Waals surface area contributed by atoms with E-state index in [1.165, 1.54) is 21.1 Å². The molecular formula is C23H28N4O4S2. The van der Waals surface area contributed by atoms with Gasteiger partial charge in [-0.1, -0.05) is 50.3 Å². The molecule has 1 saturated heterocycles. The number of unbranched alkanes of at least 4 members (excludes halogenated alkanes) is 2. The fraction of sp³-hybridized carbons (Fsp3) is 0.435. The summed E-state index contributed by atoms with van der Waals surface area (Å²) in [5.74, 6) is -0.283. The summed E-state index contributed by atoms with van der Waals surface area (Å²) in [6.45, 7) is 7.08. The molecule has 8 nitrogen and oxygen atoms in total. The van der Waals surface area contributed by atoms with Crippen LogP contribution in [-0.4, -0.2) is 48.7 Å². The molecule has 2 aromatic heterocycles. The quantitative estimate of drug-likeness (QED) is 0.295. The van der Waals surface area contributed by atoms with E-state index in [2.05, 4.69) is 24.1 Å². The minimum atomic E-state index is -0.823. The molecular weight excluding hydrogens is 460 g/mol. The first-order valence-electron chi connectivity index (χ1n) is 10.9. The van der Waals surface area contributed by atoms with Crippen LogP contribution in [0.5, 0.6) is 0 Å². The lowest BCUT2D eigenvalue weighted by atomic mass is 10.2. The number of nitrogens with zero attached hydrogens (tertiary/aromatic N) is 3. The van der Waals surface area contributed by atoms with Crippen LogP contribution >= 0.6 is 24.0 Å². The predicted octanol–water partition coefficient (Wildman–Crippen LogP) is 3.92. The summed E-state index contributed by atoms with van der Waals surface area (Å²) in [7, 11) is 0. The zero-order chi connectivity index (χ0) is 24.1. The fourth-order valence-corrected chi connectivity index (χ4v) is 4.66. The van der Waals surface area contributed by atoms with Gasteiger partial charge >= 0.3 is 5.97 Å². The number of carboxylic acid groups (broad SMARTS) is 1. The third-order valence-corrected chi connectivity index (χ3v) is 6.48. The first-order chi connectivity index (χ1) is 15.7. The average molecular weight is 489 g/mol. The number of aryl methyl sites for hydroxylation is 1. The molecule has 33 heavy (non-hydrogen) atoms. The van der Waals surface area contributed by atoms with E-state index in [0.717, 1.165) is 5.56 Å².